The van der Waals surface area contributed by atoms with Gasteiger partial charge in [-0.15, -0.1) is 11.8 Å². The summed E-state index contributed by atoms with van der Waals surface area (Å²) in [5.74, 6) is 0.361. The quantitative estimate of drug-likeness (QED) is 0.768. The Bertz CT molecular complexity index is 612. The van der Waals surface area contributed by atoms with Gasteiger partial charge in [0.25, 0.3) is 0 Å². The first-order chi connectivity index (χ1) is 10.1. The van der Waals surface area contributed by atoms with E-state index in [9.17, 15) is 9.18 Å². The molecule has 0 radical (unpaired) electrons. The Labute approximate surface area is 129 Å². The highest BCUT2D eigenvalue weighted by Crippen LogP contribution is 2.22. The maximum atomic E-state index is 13.5. The minimum absolute atomic E-state index is 0.0303. The molecule has 0 unspecified atom stereocenters. The number of rotatable bonds is 5. The molecule has 110 valence electrons. The summed E-state index contributed by atoms with van der Waals surface area (Å²) in [4.78, 5) is 14.3. The largest absolute Gasteiger partial charge is 0.315 e. The summed E-state index contributed by atoms with van der Waals surface area (Å²) in [6.45, 7) is 2.01. The number of anilines is 1. The van der Waals surface area contributed by atoms with Crippen molar-refractivity contribution < 1.29 is 9.18 Å². The van der Waals surface area contributed by atoms with Crippen LogP contribution in [0, 0.1) is 12.7 Å². The van der Waals surface area contributed by atoms with Crippen LogP contribution in [-0.4, -0.2) is 18.7 Å². The molecule has 2 aromatic carbocycles. The van der Waals surface area contributed by atoms with Crippen molar-refractivity contribution in [2.75, 3.05) is 17.7 Å². The second-order valence-electron chi connectivity index (χ2n) is 4.82. The van der Waals surface area contributed by atoms with Gasteiger partial charge in [0, 0.05) is 29.8 Å². The summed E-state index contributed by atoms with van der Waals surface area (Å²) >= 11 is 1.37. The molecular formula is C17H18FNOS. The van der Waals surface area contributed by atoms with E-state index in [-0.39, 0.29) is 11.7 Å². The summed E-state index contributed by atoms with van der Waals surface area (Å²) in [6, 6.07) is 14.4. The molecule has 0 aliphatic carbocycles. The normalized spacial score (nSPS) is 10.4. The third-order valence-corrected chi connectivity index (χ3v) is 4.26. The molecule has 0 fully saturated rings. The van der Waals surface area contributed by atoms with Crippen molar-refractivity contribution in [3.05, 3.63) is 59.9 Å². The number of halogens is 1. The van der Waals surface area contributed by atoms with E-state index >= 15 is 0 Å². The van der Waals surface area contributed by atoms with Crippen molar-refractivity contribution in [2.45, 2.75) is 18.2 Å². The molecule has 0 saturated carbocycles. The lowest BCUT2D eigenvalue weighted by molar-refractivity contribution is -0.117. The van der Waals surface area contributed by atoms with Crippen LogP contribution in [0.5, 0.6) is 0 Å². The number of aryl methyl sites for hydroxylation is 1. The Kier molecular flexibility index (Phi) is 5.39. The number of carbonyl (C=O) groups is 1. The Morgan fingerprint density at radius 3 is 2.48 bits per heavy atom. The second-order valence-corrected chi connectivity index (χ2v) is 5.95. The van der Waals surface area contributed by atoms with Gasteiger partial charge in [-0.25, -0.2) is 4.39 Å². The van der Waals surface area contributed by atoms with Crippen molar-refractivity contribution >= 4 is 23.4 Å². The lowest BCUT2D eigenvalue weighted by atomic mass is 10.2. The maximum Gasteiger partial charge on any atom is 0.227 e. The maximum absolute atomic E-state index is 13.5. The van der Waals surface area contributed by atoms with E-state index in [1.807, 2.05) is 31.2 Å². The molecule has 4 heteroatoms. The monoisotopic (exact) mass is 303 g/mol. The predicted octanol–water partition coefficient (Wildman–Crippen LogP) is 4.28. The van der Waals surface area contributed by atoms with E-state index in [0.717, 1.165) is 11.3 Å². The van der Waals surface area contributed by atoms with Gasteiger partial charge in [-0.3, -0.25) is 4.79 Å². The van der Waals surface area contributed by atoms with E-state index in [1.165, 1.54) is 17.8 Å². The first kappa shape index (κ1) is 15.6. The fourth-order valence-electron chi connectivity index (χ4n) is 1.89. The van der Waals surface area contributed by atoms with Crippen molar-refractivity contribution in [1.82, 2.24) is 0 Å². The predicted molar refractivity (Wildman–Crippen MR) is 86.3 cm³/mol. The van der Waals surface area contributed by atoms with Crippen LogP contribution in [0.15, 0.2) is 53.4 Å². The van der Waals surface area contributed by atoms with Gasteiger partial charge >= 0.3 is 0 Å². The number of hydrogen-bond donors (Lipinski definition) is 0. The third-order valence-electron chi connectivity index (χ3n) is 3.21. The van der Waals surface area contributed by atoms with E-state index in [1.54, 1.807) is 30.1 Å². The molecule has 2 rings (SSSR count). The molecule has 2 aromatic rings. The Morgan fingerprint density at radius 1 is 1.14 bits per heavy atom. The zero-order valence-electron chi connectivity index (χ0n) is 12.2. The zero-order chi connectivity index (χ0) is 15.2. The minimum atomic E-state index is -0.234. The first-order valence-electron chi connectivity index (χ1n) is 6.78. The van der Waals surface area contributed by atoms with Gasteiger partial charge in [0.05, 0.1) is 0 Å². The number of thioether (sulfide) groups is 1. The van der Waals surface area contributed by atoms with E-state index in [0.29, 0.717) is 17.1 Å². The van der Waals surface area contributed by atoms with Gasteiger partial charge < -0.3 is 4.90 Å². The Balaban J connectivity index is 1.87. The molecule has 0 spiro atoms. The highest BCUT2D eigenvalue weighted by Gasteiger charge is 2.11. The van der Waals surface area contributed by atoms with Gasteiger partial charge in [-0.05, 0) is 31.2 Å². The average Bonchev–Trinajstić information content (AvgIpc) is 2.49. The average molecular weight is 303 g/mol. The van der Waals surface area contributed by atoms with Gasteiger partial charge in [0.2, 0.25) is 5.91 Å². The lowest BCUT2D eigenvalue weighted by Crippen LogP contribution is -2.26. The number of hydrogen-bond acceptors (Lipinski definition) is 2. The number of carbonyl (C=O) groups excluding carboxylic acids is 1. The van der Waals surface area contributed by atoms with Crippen LogP contribution < -0.4 is 4.90 Å². The van der Waals surface area contributed by atoms with Crippen LogP contribution in [0.4, 0.5) is 10.1 Å². The van der Waals surface area contributed by atoms with Crippen LogP contribution in [0.25, 0.3) is 0 Å². The van der Waals surface area contributed by atoms with E-state index in [2.05, 4.69) is 0 Å². The Hall–Kier alpha value is -1.81. The lowest BCUT2D eigenvalue weighted by Gasteiger charge is -2.17. The molecule has 2 nitrogen and oxygen atoms in total. The van der Waals surface area contributed by atoms with Crippen LogP contribution in [0.3, 0.4) is 0 Å². The Morgan fingerprint density at radius 2 is 1.81 bits per heavy atom. The number of nitrogens with zero attached hydrogens (tertiary/aromatic N) is 1. The number of benzene rings is 2. The van der Waals surface area contributed by atoms with Gasteiger partial charge in [-0.1, -0.05) is 29.8 Å². The van der Waals surface area contributed by atoms with Crippen molar-refractivity contribution in [3.8, 4) is 0 Å². The smallest absolute Gasteiger partial charge is 0.227 e. The molecule has 0 aliphatic rings. The third kappa shape index (κ3) is 4.33. The molecule has 0 bridgehead atoms. The van der Waals surface area contributed by atoms with Crippen LogP contribution in [0.1, 0.15) is 12.0 Å². The second kappa shape index (κ2) is 7.27. The molecule has 0 atom stereocenters. The fourth-order valence-corrected chi connectivity index (χ4v) is 2.77. The summed E-state index contributed by atoms with van der Waals surface area (Å²) in [6.07, 6.45) is 0.378. The van der Waals surface area contributed by atoms with Crippen molar-refractivity contribution in [1.29, 1.82) is 0 Å². The molecule has 1 amide bonds. The topological polar surface area (TPSA) is 20.3 Å². The van der Waals surface area contributed by atoms with E-state index < -0.39 is 0 Å². The summed E-state index contributed by atoms with van der Waals surface area (Å²) in [5, 5.41) is 0. The van der Waals surface area contributed by atoms with Crippen LogP contribution >= 0.6 is 11.8 Å². The minimum Gasteiger partial charge on any atom is -0.315 e. The highest BCUT2D eigenvalue weighted by atomic mass is 32.2. The fraction of sp³-hybridized carbons (Fsp3) is 0.235. The van der Waals surface area contributed by atoms with Crippen LogP contribution in [0.2, 0.25) is 0 Å². The van der Waals surface area contributed by atoms with Gasteiger partial charge in [0.1, 0.15) is 5.82 Å². The summed E-state index contributed by atoms with van der Waals surface area (Å²) in [7, 11) is 1.76. The molecule has 0 N–H and O–H groups in total. The van der Waals surface area contributed by atoms with Crippen LogP contribution in [-0.2, 0) is 4.79 Å². The molecule has 0 aliphatic heterocycles. The zero-order valence-corrected chi connectivity index (χ0v) is 13.0. The molecule has 0 heterocycles. The highest BCUT2D eigenvalue weighted by molar-refractivity contribution is 7.99. The van der Waals surface area contributed by atoms with Crippen molar-refractivity contribution in [2.24, 2.45) is 0 Å². The van der Waals surface area contributed by atoms with Crippen molar-refractivity contribution in [3.63, 3.8) is 0 Å². The molecule has 0 aromatic heterocycles. The summed E-state index contributed by atoms with van der Waals surface area (Å²) < 4.78 is 13.5. The summed E-state index contributed by atoms with van der Waals surface area (Å²) in [5.41, 5.74) is 2.04. The molecular weight excluding hydrogens is 285 g/mol. The SMILES string of the molecule is Cc1ccc(N(C)C(=O)CCSc2ccccc2F)cc1. The molecule has 0 saturated heterocycles. The molecule has 21 heavy (non-hydrogen) atoms. The number of amides is 1. The van der Waals surface area contributed by atoms with Gasteiger partial charge in [-0.2, -0.15) is 0 Å². The van der Waals surface area contributed by atoms with Gasteiger partial charge in [0.15, 0.2) is 0 Å². The first-order valence-corrected chi connectivity index (χ1v) is 7.77. The van der Waals surface area contributed by atoms with E-state index in [4.69, 9.17) is 0 Å². The standard InChI is InChI=1S/C17H18FNOS/c1-13-7-9-14(10-8-13)19(2)17(20)11-12-21-16-6-4-3-5-15(16)18/h3-10H,11-12H2,1-2H3.